The Morgan fingerprint density at radius 2 is 1.90 bits per heavy atom. The zero-order chi connectivity index (χ0) is 14.5. The molecular formula is C17H17FO2. The van der Waals surface area contributed by atoms with Gasteiger partial charge in [0.2, 0.25) is 0 Å². The fraction of sp³-hybridized carbons (Fsp3) is 0.235. The van der Waals surface area contributed by atoms with Crippen LogP contribution in [-0.2, 0) is 6.42 Å². The van der Waals surface area contributed by atoms with E-state index in [1.807, 2.05) is 18.2 Å². The summed E-state index contributed by atoms with van der Waals surface area (Å²) in [5.74, 6) is -0.509. The molecule has 0 fully saturated rings. The highest BCUT2D eigenvalue weighted by molar-refractivity contribution is 6.09. The average molecular weight is 272 g/mol. The molecular weight excluding hydrogens is 255 g/mol. The number of carbonyl (C=O) groups is 1. The number of halogens is 1. The van der Waals surface area contributed by atoms with Gasteiger partial charge >= 0.3 is 0 Å². The number of hydrogen-bond acceptors (Lipinski definition) is 2. The van der Waals surface area contributed by atoms with Crippen molar-refractivity contribution in [1.82, 2.24) is 0 Å². The van der Waals surface area contributed by atoms with Gasteiger partial charge in [-0.15, -0.1) is 0 Å². The fourth-order valence-corrected chi connectivity index (χ4v) is 2.12. The fourth-order valence-electron chi connectivity index (χ4n) is 2.12. The Morgan fingerprint density at radius 3 is 2.60 bits per heavy atom. The van der Waals surface area contributed by atoms with Gasteiger partial charge in [0.15, 0.2) is 17.3 Å². The van der Waals surface area contributed by atoms with E-state index in [1.165, 1.54) is 25.3 Å². The van der Waals surface area contributed by atoms with E-state index in [9.17, 15) is 9.18 Å². The minimum Gasteiger partial charge on any atom is -0.494 e. The first-order valence-electron chi connectivity index (χ1n) is 6.63. The summed E-state index contributed by atoms with van der Waals surface area (Å²) in [4.78, 5) is 12.4. The van der Waals surface area contributed by atoms with Gasteiger partial charge in [0.1, 0.15) is 0 Å². The molecule has 0 heterocycles. The number of hydrogen-bond donors (Lipinski definition) is 0. The third-order valence-corrected chi connectivity index (χ3v) is 3.14. The van der Waals surface area contributed by atoms with Gasteiger partial charge in [-0.3, -0.25) is 4.79 Å². The number of methoxy groups -OCH3 is 1. The molecule has 2 aromatic rings. The Balaban J connectivity index is 2.33. The van der Waals surface area contributed by atoms with E-state index in [0.29, 0.717) is 11.1 Å². The highest BCUT2D eigenvalue weighted by Crippen LogP contribution is 2.21. The highest BCUT2D eigenvalue weighted by atomic mass is 19.1. The topological polar surface area (TPSA) is 26.3 Å². The molecule has 3 heteroatoms. The molecule has 0 aliphatic carbocycles. The van der Waals surface area contributed by atoms with Crippen molar-refractivity contribution in [3.63, 3.8) is 0 Å². The minimum absolute atomic E-state index is 0.0839. The van der Waals surface area contributed by atoms with Crippen LogP contribution in [0.1, 0.15) is 34.8 Å². The van der Waals surface area contributed by atoms with Crippen molar-refractivity contribution in [1.29, 1.82) is 0 Å². The van der Waals surface area contributed by atoms with Crippen molar-refractivity contribution in [2.75, 3.05) is 7.11 Å². The van der Waals surface area contributed by atoms with Crippen LogP contribution >= 0.6 is 0 Å². The summed E-state index contributed by atoms with van der Waals surface area (Å²) < 4.78 is 18.3. The van der Waals surface area contributed by atoms with Crippen LogP contribution in [0.4, 0.5) is 4.39 Å². The molecule has 0 saturated carbocycles. The first kappa shape index (κ1) is 14.3. The molecule has 0 saturated heterocycles. The predicted molar refractivity (Wildman–Crippen MR) is 76.8 cm³/mol. The van der Waals surface area contributed by atoms with Gasteiger partial charge in [-0.05, 0) is 36.2 Å². The molecule has 0 aromatic heterocycles. The maximum atomic E-state index is 13.4. The van der Waals surface area contributed by atoms with Crippen LogP contribution in [0.5, 0.6) is 5.75 Å². The van der Waals surface area contributed by atoms with Gasteiger partial charge in [-0.2, -0.15) is 0 Å². The quantitative estimate of drug-likeness (QED) is 0.768. The van der Waals surface area contributed by atoms with E-state index < -0.39 is 5.82 Å². The van der Waals surface area contributed by atoms with Crippen molar-refractivity contribution in [2.45, 2.75) is 19.8 Å². The molecule has 2 aromatic carbocycles. The van der Waals surface area contributed by atoms with Gasteiger partial charge in [0.05, 0.1) is 7.11 Å². The number of rotatable bonds is 5. The lowest BCUT2D eigenvalue weighted by atomic mass is 9.99. The van der Waals surface area contributed by atoms with Gasteiger partial charge in [-0.25, -0.2) is 4.39 Å². The lowest BCUT2D eigenvalue weighted by Crippen LogP contribution is -2.03. The lowest BCUT2D eigenvalue weighted by Gasteiger charge is -2.06. The van der Waals surface area contributed by atoms with Crippen LogP contribution in [0.3, 0.4) is 0 Å². The molecule has 0 radical (unpaired) electrons. The maximum Gasteiger partial charge on any atom is 0.193 e. The summed E-state index contributed by atoms with van der Waals surface area (Å²) in [6.45, 7) is 2.10. The third-order valence-electron chi connectivity index (χ3n) is 3.14. The smallest absolute Gasteiger partial charge is 0.193 e. The molecule has 0 amide bonds. The second kappa shape index (κ2) is 6.33. The van der Waals surface area contributed by atoms with Crippen molar-refractivity contribution in [2.24, 2.45) is 0 Å². The van der Waals surface area contributed by atoms with Gasteiger partial charge in [0.25, 0.3) is 0 Å². The van der Waals surface area contributed by atoms with E-state index in [4.69, 9.17) is 4.74 Å². The zero-order valence-electron chi connectivity index (χ0n) is 11.7. The van der Waals surface area contributed by atoms with Gasteiger partial charge < -0.3 is 4.74 Å². The largest absolute Gasteiger partial charge is 0.494 e. The van der Waals surface area contributed by atoms with Crippen LogP contribution in [0.15, 0.2) is 42.5 Å². The summed E-state index contributed by atoms with van der Waals surface area (Å²) >= 11 is 0. The van der Waals surface area contributed by atoms with Gasteiger partial charge in [-0.1, -0.05) is 31.5 Å². The Kier molecular flexibility index (Phi) is 4.51. The Morgan fingerprint density at radius 1 is 1.15 bits per heavy atom. The molecule has 2 rings (SSSR count). The third kappa shape index (κ3) is 3.05. The minimum atomic E-state index is -0.469. The van der Waals surface area contributed by atoms with Crippen molar-refractivity contribution < 1.29 is 13.9 Å². The number of ketones is 1. The number of ether oxygens (including phenoxy) is 1. The molecule has 0 aliphatic heterocycles. The Bertz CT molecular complexity index is 620. The molecule has 0 aliphatic rings. The average Bonchev–Trinajstić information content (AvgIpc) is 2.48. The van der Waals surface area contributed by atoms with Gasteiger partial charge in [0, 0.05) is 11.1 Å². The summed E-state index contributed by atoms with van der Waals surface area (Å²) in [6.07, 6.45) is 1.97. The number of carbonyl (C=O) groups excluding carboxylic acids is 1. The van der Waals surface area contributed by atoms with Crippen LogP contribution in [0, 0.1) is 5.82 Å². The van der Waals surface area contributed by atoms with Crippen LogP contribution < -0.4 is 4.74 Å². The molecule has 0 spiro atoms. The second-order valence-electron chi connectivity index (χ2n) is 4.63. The van der Waals surface area contributed by atoms with Crippen LogP contribution in [0.2, 0.25) is 0 Å². The zero-order valence-corrected chi connectivity index (χ0v) is 11.7. The Labute approximate surface area is 118 Å². The van der Waals surface area contributed by atoms with E-state index in [1.54, 1.807) is 6.07 Å². The van der Waals surface area contributed by atoms with Crippen molar-refractivity contribution in [3.05, 3.63) is 65.0 Å². The normalized spacial score (nSPS) is 10.3. The molecule has 0 unspecified atom stereocenters. The van der Waals surface area contributed by atoms with E-state index in [0.717, 1.165) is 18.4 Å². The molecule has 0 atom stereocenters. The second-order valence-corrected chi connectivity index (χ2v) is 4.63. The van der Waals surface area contributed by atoms with Crippen molar-refractivity contribution in [3.8, 4) is 5.75 Å². The summed E-state index contributed by atoms with van der Waals surface area (Å²) in [7, 11) is 1.38. The van der Waals surface area contributed by atoms with E-state index in [-0.39, 0.29) is 11.5 Å². The first-order chi connectivity index (χ1) is 9.65. The number of aryl methyl sites for hydroxylation is 1. The molecule has 2 nitrogen and oxygen atoms in total. The van der Waals surface area contributed by atoms with Crippen LogP contribution in [0.25, 0.3) is 0 Å². The summed E-state index contributed by atoms with van der Waals surface area (Å²) in [5.41, 5.74) is 2.17. The number of benzene rings is 2. The predicted octanol–water partition coefficient (Wildman–Crippen LogP) is 4.02. The SMILES string of the molecule is CCCc1cccc(C(=O)c2ccc(F)c(OC)c2)c1. The Hall–Kier alpha value is -2.16. The van der Waals surface area contributed by atoms with E-state index >= 15 is 0 Å². The first-order valence-corrected chi connectivity index (χ1v) is 6.63. The highest BCUT2D eigenvalue weighted by Gasteiger charge is 2.12. The monoisotopic (exact) mass is 272 g/mol. The van der Waals surface area contributed by atoms with E-state index in [2.05, 4.69) is 6.92 Å². The van der Waals surface area contributed by atoms with Crippen molar-refractivity contribution >= 4 is 5.78 Å². The molecule has 0 N–H and O–H groups in total. The lowest BCUT2D eigenvalue weighted by molar-refractivity contribution is 0.103. The maximum absolute atomic E-state index is 13.4. The molecule has 104 valence electrons. The summed E-state index contributed by atoms with van der Waals surface area (Å²) in [5, 5.41) is 0. The standard InChI is InChI=1S/C17H17FO2/c1-3-5-12-6-4-7-13(10-12)17(19)14-8-9-15(18)16(11-14)20-2/h4,6-11H,3,5H2,1-2H3. The molecule has 20 heavy (non-hydrogen) atoms. The van der Waals surface area contributed by atoms with Crippen LogP contribution in [-0.4, -0.2) is 12.9 Å². The summed E-state index contributed by atoms with van der Waals surface area (Å²) in [6, 6.07) is 11.7. The molecule has 0 bridgehead atoms.